The molecule has 0 radical (unpaired) electrons. The van der Waals surface area contributed by atoms with E-state index >= 15 is 0 Å². The Hall–Kier alpha value is -2.97. The minimum absolute atomic E-state index is 0.00616. The predicted octanol–water partition coefficient (Wildman–Crippen LogP) is 5.00. The van der Waals surface area contributed by atoms with E-state index < -0.39 is 10.8 Å². The van der Waals surface area contributed by atoms with Crippen molar-refractivity contribution >= 4 is 34.8 Å². The van der Waals surface area contributed by atoms with Crippen LogP contribution in [0.15, 0.2) is 46.9 Å². The number of halogens is 2. The van der Waals surface area contributed by atoms with Gasteiger partial charge in [0.05, 0.1) is 22.1 Å². The molecule has 2 aromatic carbocycles. The smallest absolute Gasteiger partial charge is 0.282 e. The Morgan fingerprint density at radius 1 is 1.21 bits per heavy atom. The van der Waals surface area contributed by atoms with Gasteiger partial charge in [0.15, 0.2) is 0 Å². The minimum atomic E-state index is -0.615. The molecule has 1 aromatic heterocycles. The van der Waals surface area contributed by atoms with E-state index in [9.17, 15) is 14.9 Å². The summed E-state index contributed by atoms with van der Waals surface area (Å²) in [5.74, 6) is -0.131. The summed E-state index contributed by atoms with van der Waals surface area (Å²) in [6.45, 7) is 2.22. The summed E-state index contributed by atoms with van der Waals surface area (Å²) < 4.78 is 5.65. The van der Waals surface area contributed by atoms with Gasteiger partial charge in [-0.05, 0) is 30.7 Å². The average molecular weight is 435 g/mol. The first-order valence-corrected chi connectivity index (χ1v) is 9.46. The molecule has 0 aliphatic heterocycles. The van der Waals surface area contributed by atoms with Crippen LogP contribution in [0.1, 0.15) is 29.6 Å². The molecule has 0 bridgehead atoms. The number of rotatable bonds is 7. The summed E-state index contributed by atoms with van der Waals surface area (Å²) in [4.78, 5) is 25.1. The number of amides is 1. The third kappa shape index (κ3) is 4.72. The zero-order chi connectivity index (χ0) is 21.0. The van der Waals surface area contributed by atoms with E-state index in [1.54, 1.807) is 24.3 Å². The van der Waals surface area contributed by atoms with Crippen molar-refractivity contribution in [2.24, 2.45) is 0 Å². The van der Waals surface area contributed by atoms with Crippen molar-refractivity contribution in [2.75, 3.05) is 6.54 Å². The second-order valence-electron chi connectivity index (χ2n) is 6.13. The van der Waals surface area contributed by atoms with Crippen LogP contribution in [0.25, 0.3) is 11.5 Å². The first-order chi connectivity index (χ1) is 13.9. The van der Waals surface area contributed by atoms with Gasteiger partial charge < -0.3 is 9.32 Å². The van der Waals surface area contributed by atoms with Crippen molar-refractivity contribution in [1.29, 1.82) is 0 Å². The summed E-state index contributed by atoms with van der Waals surface area (Å²) in [5.41, 5.74) is 0.163. The Morgan fingerprint density at radius 3 is 2.66 bits per heavy atom. The fourth-order valence-corrected chi connectivity index (χ4v) is 3.14. The van der Waals surface area contributed by atoms with Gasteiger partial charge in [-0.15, -0.1) is 10.2 Å². The fraction of sp³-hybridized carbons (Fsp3) is 0.211. The van der Waals surface area contributed by atoms with Gasteiger partial charge in [-0.25, -0.2) is 0 Å². The number of hydrogen-bond donors (Lipinski definition) is 0. The molecule has 8 nitrogen and oxygen atoms in total. The van der Waals surface area contributed by atoms with Gasteiger partial charge in [0.1, 0.15) is 5.56 Å². The highest BCUT2D eigenvalue weighted by molar-refractivity contribution is 6.33. The topological polar surface area (TPSA) is 102 Å². The molecule has 3 aromatic rings. The first kappa shape index (κ1) is 20.8. The molecule has 0 unspecified atom stereocenters. The van der Waals surface area contributed by atoms with E-state index in [0.29, 0.717) is 23.6 Å². The molecule has 1 heterocycles. The number of nitro groups is 1. The lowest BCUT2D eigenvalue weighted by Gasteiger charge is -2.20. The van der Waals surface area contributed by atoms with Gasteiger partial charge in [0.25, 0.3) is 11.6 Å². The summed E-state index contributed by atoms with van der Waals surface area (Å²) in [5, 5.41) is 20.0. The van der Waals surface area contributed by atoms with Crippen molar-refractivity contribution in [3.63, 3.8) is 0 Å². The molecule has 29 heavy (non-hydrogen) atoms. The van der Waals surface area contributed by atoms with Gasteiger partial charge in [-0.1, -0.05) is 42.3 Å². The van der Waals surface area contributed by atoms with Crippen LogP contribution in [-0.4, -0.2) is 32.5 Å². The van der Waals surface area contributed by atoms with E-state index in [1.165, 1.54) is 23.1 Å². The van der Waals surface area contributed by atoms with E-state index in [0.717, 1.165) is 0 Å². The van der Waals surface area contributed by atoms with Gasteiger partial charge in [0, 0.05) is 17.6 Å². The lowest BCUT2D eigenvalue weighted by Crippen LogP contribution is -2.32. The van der Waals surface area contributed by atoms with Crippen molar-refractivity contribution in [3.05, 3.63) is 74.1 Å². The highest BCUT2D eigenvalue weighted by Gasteiger charge is 2.26. The Labute approximate surface area is 176 Å². The van der Waals surface area contributed by atoms with Crippen LogP contribution in [0.2, 0.25) is 10.0 Å². The molecule has 0 N–H and O–H groups in total. The largest absolute Gasteiger partial charge is 0.419 e. The van der Waals surface area contributed by atoms with Crippen LogP contribution in [0.4, 0.5) is 5.69 Å². The first-order valence-electron chi connectivity index (χ1n) is 8.71. The predicted molar refractivity (Wildman–Crippen MR) is 108 cm³/mol. The van der Waals surface area contributed by atoms with Crippen molar-refractivity contribution < 1.29 is 14.1 Å². The molecule has 0 aliphatic carbocycles. The molecule has 150 valence electrons. The lowest BCUT2D eigenvalue weighted by molar-refractivity contribution is -0.385. The Balaban J connectivity index is 1.88. The van der Waals surface area contributed by atoms with Crippen LogP contribution in [0.3, 0.4) is 0 Å². The Morgan fingerprint density at radius 2 is 1.97 bits per heavy atom. The van der Waals surface area contributed by atoms with E-state index in [1.807, 2.05) is 6.92 Å². The van der Waals surface area contributed by atoms with Crippen LogP contribution < -0.4 is 0 Å². The van der Waals surface area contributed by atoms with Crippen molar-refractivity contribution in [2.45, 2.75) is 19.9 Å². The molecule has 0 saturated heterocycles. The highest BCUT2D eigenvalue weighted by Crippen LogP contribution is 2.28. The van der Waals surface area contributed by atoms with Crippen LogP contribution >= 0.6 is 23.2 Å². The number of hydrogen-bond acceptors (Lipinski definition) is 6. The van der Waals surface area contributed by atoms with E-state index in [-0.39, 0.29) is 34.6 Å². The molecule has 0 fully saturated rings. The molecular weight excluding hydrogens is 419 g/mol. The number of carbonyl (C=O) groups excluding carboxylic acids is 1. The quantitative estimate of drug-likeness (QED) is 0.382. The van der Waals surface area contributed by atoms with Gasteiger partial charge in [-0.2, -0.15) is 0 Å². The summed E-state index contributed by atoms with van der Waals surface area (Å²) in [6, 6.07) is 10.9. The van der Waals surface area contributed by atoms with Gasteiger partial charge >= 0.3 is 0 Å². The number of aromatic nitrogens is 2. The molecule has 3 rings (SSSR count). The fourth-order valence-electron chi connectivity index (χ4n) is 2.76. The summed E-state index contributed by atoms with van der Waals surface area (Å²) in [6.07, 6.45) is 0.631. The van der Waals surface area contributed by atoms with Gasteiger partial charge in [0.2, 0.25) is 11.8 Å². The molecule has 0 spiro atoms. The zero-order valence-corrected chi connectivity index (χ0v) is 16.9. The van der Waals surface area contributed by atoms with Crippen molar-refractivity contribution in [3.8, 4) is 11.5 Å². The maximum atomic E-state index is 13.0. The maximum absolute atomic E-state index is 13.0. The Bertz CT molecular complexity index is 1050. The number of carbonyl (C=O) groups is 1. The van der Waals surface area contributed by atoms with Crippen LogP contribution in [0, 0.1) is 10.1 Å². The second-order valence-corrected chi connectivity index (χ2v) is 6.97. The van der Waals surface area contributed by atoms with E-state index in [2.05, 4.69) is 10.2 Å². The normalized spacial score (nSPS) is 10.7. The average Bonchev–Trinajstić information content (AvgIpc) is 3.15. The number of nitrogens with zero attached hydrogens (tertiary/aromatic N) is 4. The summed E-state index contributed by atoms with van der Waals surface area (Å²) in [7, 11) is 0. The molecule has 1 amide bonds. The molecule has 0 aliphatic rings. The monoisotopic (exact) mass is 434 g/mol. The third-order valence-electron chi connectivity index (χ3n) is 4.06. The minimum Gasteiger partial charge on any atom is -0.419 e. The van der Waals surface area contributed by atoms with Crippen molar-refractivity contribution in [1.82, 2.24) is 15.1 Å². The maximum Gasteiger partial charge on any atom is 0.282 e. The standard InChI is InChI=1S/C19H16Cl2N4O4/c1-2-9-24(19(26)14-10-12(20)7-8-16(14)25(27)28)11-17-22-23-18(29-17)13-5-3-4-6-15(13)21/h3-8,10H,2,9,11H2,1H3. The zero-order valence-electron chi connectivity index (χ0n) is 15.3. The third-order valence-corrected chi connectivity index (χ3v) is 4.63. The van der Waals surface area contributed by atoms with Crippen LogP contribution in [0.5, 0.6) is 0 Å². The molecule has 0 saturated carbocycles. The van der Waals surface area contributed by atoms with E-state index in [4.69, 9.17) is 27.6 Å². The lowest BCUT2D eigenvalue weighted by atomic mass is 10.1. The SMILES string of the molecule is CCCN(Cc1nnc(-c2ccccc2Cl)o1)C(=O)c1cc(Cl)ccc1[N+](=O)[O-]. The Kier molecular flexibility index (Phi) is 6.46. The molecule has 10 heteroatoms. The van der Waals surface area contributed by atoms with Gasteiger partial charge in [-0.3, -0.25) is 14.9 Å². The van der Waals surface area contributed by atoms with Crippen LogP contribution in [-0.2, 0) is 6.54 Å². The summed E-state index contributed by atoms with van der Waals surface area (Å²) >= 11 is 12.1. The number of nitro benzene ring substituents is 1. The highest BCUT2D eigenvalue weighted by atomic mass is 35.5. The molecular formula is C19H16Cl2N4O4. The number of benzene rings is 2. The molecule has 0 atom stereocenters. The second kappa shape index (κ2) is 9.02.